The molecule has 1 amide bonds. The van der Waals surface area contributed by atoms with Crippen LogP contribution in [0.2, 0.25) is 0 Å². The van der Waals surface area contributed by atoms with Crippen LogP contribution >= 0.6 is 0 Å². The van der Waals surface area contributed by atoms with Gasteiger partial charge in [-0.3, -0.25) is 9.10 Å². The third-order valence-corrected chi connectivity index (χ3v) is 7.83. The maximum absolute atomic E-state index is 12.8. The number of anilines is 1. The Morgan fingerprint density at radius 1 is 0.943 bits per heavy atom. The van der Waals surface area contributed by atoms with Crippen molar-refractivity contribution in [1.29, 1.82) is 0 Å². The second kappa shape index (κ2) is 10.3. The van der Waals surface area contributed by atoms with E-state index < -0.39 is 10.0 Å². The van der Waals surface area contributed by atoms with Crippen LogP contribution in [0.4, 0.5) is 5.69 Å². The van der Waals surface area contributed by atoms with Crippen molar-refractivity contribution in [1.82, 2.24) is 4.90 Å². The van der Waals surface area contributed by atoms with Gasteiger partial charge in [0.05, 0.1) is 24.8 Å². The van der Waals surface area contributed by atoms with Gasteiger partial charge in [-0.2, -0.15) is 0 Å². The van der Waals surface area contributed by atoms with Crippen LogP contribution in [0, 0.1) is 0 Å². The van der Waals surface area contributed by atoms with Gasteiger partial charge in [-0.1, -0.05) is 18.2 Å². The van der Waals surface area contributed by atoms with E-state index in [1.165, 1.54) is 11.4 Å². The van der Waals surface area contributed by atoms with Crippen LogP contribution in [0.3, 0.4) is 0 Å². The molecular weight excluding hydrogens is 468 g/mol. The van der Waals surface area contributed by atoms with Crippen molar-refractivity contribution < 1.29 is 27.4 Å². The summed E-state index contributed by atoms with van der Waals surface area (Å²) in [5.74, 6) is 1.67. The summed E-state index contributed by atoms with van der Waals surface area (Å²) in [6, 6.07) is 18.7. The molecule has 35 heavy (non-hydrogen) atoms. The van der Waals surface area contributed by atoms with Crippen molar-refractivity contribution in [2.75, 3.05) is 38.7 Å². The number of carbonyl (C=O) groups excluding carboxylic acids is 1. The molecule has 0 radical (unpaired) electrons. The van der Waals surface area contributed by atoms with E-state index in [9.17, 15) is 13.2 Å². The molecule has 0 bridgehead atoms. The van der Waals surface area contributed by atoms with Crippen molar-refractivity contribution in [3.05, 3.63) is 77.9 Å². The summed E-state index contributed by atoms with van der Waals surface area (Å²) in [6.07, 6.45) is 0.721. The molecule has 0 spiro atoms. The van der Waals surface area contributed by atoms with E-state index in [1.54, 1.807) is 73.7 Å². The van der Waals surface area contributed by atoms with Gasteiger partial charge in [-0.25, -0.2) is 8.42 Å². The lowest BCUT2D eigenvalue weighted by Gasteiger charge is -2.29. The molecule has 3 aromatic rings. The lowest BCUT2D eigenvalue weighted by Crippen LogP contribution is -2.38. The highest BCUT2D eigenvalue weighted by Crippen LogP contribution is 2.33. The van der Waals surface area contributed by atoms with Gasteiger partial charge >= 0.3 is 0 Å². The number of nitrogens with zero attached hydrogens (tertiary/aromatic N) is 2. The highest BCUT2D eigenvalue weighted by molar-refractivity contribution is 7.92. The lowest BCUT2D eigenvalue weighted by atomic mass is 9.99. The van der Waals surface area contributed by atoms with Crippen LogP contribution in [0.25, 0.3) is 0 Å². The van der Waals surface area contributed by atoms with Crippen molar-refractivity contribution >= 4 is 21.6 Å². The van der Waals surface area contributed by atoms with E-state index in [0.29, 0.717) is 36.0 Å². The molecule has 3 aromatic carbocycles. The summed E-state index contributed by atoms with van der Waals surface area (Å²) in [5, 5.41) is 0. The average Bonchev–Trinajstić information content (AvgIpc) is 2.90. The Bertz CT molecular complexity index is 1290. The van der Waals surface area contributed by atoms with Crippen LogP contribution in [-0.4, -0.2) is 53.6 Å². The second-order valence-electron chi connectivity index (χ2n) is 8.11. The third kappa shape index (κ3) is 5.19. The number of sulfonamides is 1. The Morgan fingerprint density at radius 3 is 2.20 bits per heavy atom. The fraction of sp³-hybridized carbons (Fsp3) is 0.269. The molecule has 0 aromatic heterocycles. The largest absolute Gasteiger partial charge is 0.493 e. The first-order chi connectivity index (χ1) is 16.8. The number of fused-ring (bicyclic) bond motifs is 1. The first-order valence-electron chi connectivity index (χ1n) is 11.1. The van der Waals surface area contributed by atoms with Gasteiger partial charge in [0.25, 0.3) is 15.9 Å². The molecule has 0 saturated carbocycles. The Hall–Kier alpha value is -3.72. The minimum absolute atomic E-state index is 0.111. The SMILES string of the molecule is COc1cc2c(cc1OC)CN(C(=O)COc1ccc(N(C)S(=O)(=O)c3ccccc3)cc1)CC2. The number of amides is 1. The highest BCUT2D eigenvalue weighted by Gasteiger charge is 2.24. The second-order valence-corrected chi connectivity index (χ2v) is 10.1. The van der Waals surface area contributed by atoms with Crippen LogP contribution in [0.5, 0.6) is 17.2 Å². The molecule has 9 heteroatoms. The molecule has 0 fully saturated rings. The average molecular weight is 497 g/mol. The topological polar surface area (TPSA) is 85.4 Å². The number of methoxy groups -OCH3 is 2. The van der Waals surface area contributed by atoms with Crippen LogP contribution in [0.15, 0.2) is 71.6 Å². The Morgan fingerprint density at radius 2 is 1.57 bits per heavy atom. The number of carbonyl (C=O) groups is 1. The maximum Gasteiger partial charge on any atom is 0.264 e. The van der Waals surface area contributed by atoms with Gasteiger partial charge in [0.2, 0.25) is 0 Å². The van der Waals surface area contributed by atoms with Crippen molar-refractivity contribution in [2.45, 2.75) is 17.9 Å². The number of benzene rings is 3. The van der Waals surface area contributed by atoms with E-state index in [4.69, 9.17) is 14.2 Å². The molecule has 8 nitrogen and oxygen atoms in total. The number of hydrogen-bond donors (Lipinski definition) is 0. The molecule has 4 rings (SSSR count). The predicted molar refractivity (Wildman–Crippen MR) is 133 cm³/mol. The zero-order valence-corrected chi connectivity index (χ0v) is 20.7. The Labute approximate surface area is 205 Å². The molecular formula is C26H28N2O6S. The van der Waals surface area contributed by atoms with E-state index in [1.807, 2.05) is 12.1 Å². The molecule has 0 N–H and O–H groups in total. The number of hydrogen-bond acceptors (Lipinski definition) is 6. The van der Waals surface area contributed by atoms with Crippen LogP contribution in [-0.2, 0) is 27.8 Å². The van der Waals surface area contributed by atoms with E-state index >= 15 is 0 Å². The zero-order chi connectivity index (χ0) is 25.0. The predicted octanol–water partition coefficient (Wildman–Crippen LogP) is 3.49. The molecule has 0 unspecified atom stereocenters. The zero-order valence-electron chi connectivity index (χ0n) is 19.9. The molecule has 0 saturated heterocycles. The van der Waals surface area contributed by atoms with E-state index in [2.05, 4.69) is 0 Å². The van der Waals surface area contributed by atoms with Gasteiger partial charge in [-0.15, -0.1) is 0 Å². The number of rotatable bonds is 8. The summed E-state index contributed by atoms with van der Waals surface area (Å²) in [7, 11) is 1.03. The Balaban J connectivity index is 1.37. The Kier molecular flexibility index (Phi) is 7.16. The van der Waals surface area contributed by atoms with Gasteiger partial charge in [-0.05, 0) is 66.1 Å². The van der Waals surface area contributed by atoms with Gasteiger partial charge < -0.3 is 19.1 Å². The normalized spacial score (nSPS) is 13.1. The fourth-order valence-corrected chi connectivity index (χ4v) is 5.19. The number of ether oxygens (including phenoxy) is 3. The molecule has 0 aliphatic carbocycles. The molecule has 1 aliphatic rings. The third-order valence-electron chi connectivity index (χ3n) is 6.03. The van der Waals surface area contributed by atoms with Gasteiger partial charge in [0, 0.05) is 20.1 Å². The van der Waals surface area contributed by atoms with Crippen molar-refractivity contribution in [3.63, 3.8) is 0 Å². The first-order valence-corrected chi connectivity index (χ1v) is 12.6. The highest BCUT2D eigenvalue weighted by atomic mass is 32.2. The minimum atomic E-state index is -3.66. The lowest BCUT2D eigenvalue weighted by molar-refractivity contribution is -0.134. The summed E-state index contributed by atoms with van der Waals surface area (Å²) < 4.78 is 43.3. The standard InChI is InChI=1S/C26H28N2O6S/c1-27(35(30,31)23-7-5-4-6-8-23)21-9-11-22(12-10-21)34-18-26(29)28-14-13-19-15-24(32-2)25(33-3)16-20(19)17-28/h4-12,15-16H,13-14,17-18H2,1-3H3. The molecule has 184 valence electrons. The quantitative estimate of drug-likeness (QED) is 0.475. The van der Waals surface area contributed by atoms with E-state index in [0.717, 1.165) is 17.5 Å². The fourth-order valence-electron chi connectivity index (χ4n) is 3.97. The molecule has 0 atom stereocenters. The van der Waals surface area contributed by atoms with E-state index in [-0.39, 0.29) is 17.4 Å². The summed E-state index contributed by atoms with van der Waals surface area (Å²) >= 11 is 0. The first kappa shape index (κ1) is 24.4. The van der Waals surface area contributed by atoms with Gasteiger partial charge in [0.1, 0.15) is 5.75 Å². The van der Waals surface area contributed by atoms with Crippen LogP contribution in [0.1, 0.15) is 11.1 Å². The minimum Gasteiger partial charge on any atom is -0.493 e. The molecule has 1 heterocycles. The summed E-state index contributed by atoms with van der Waals surface area (Å²) in [4.78, 5) is 14.7. The smallest absolute Gasteiger partial charge is 0.264 e. The maximum atomic E-state index is 12.8. The molecule has 1 aliphatic heterocycles. The summed E-state index contributed by atoms with van der Waals surface area (Å²) in [6.45, 7) is 0.949. The van der Waals surface area contributed by atoms with Gasteiger partial charge in [0.15, 0.2) is 18.1 Å². The van der Waals surface area contributed by atoms with Crippen LogP contribution < -0.4 is 18.5 Å². The summed E-state index contributed by atoms with van der Waals surface area (Å²) in [5.41, 5.74) is 2.65. The monoisotopic (exact) mass is 496 g/mol. The van der Waals surface area contributed by atoms with Crippen molar-refractivity contribution in [2.24, 2.45) is 0 Å². The van der Waals surface area contributed by atoms with Crippen molar-refractivity contribution in [3.8, 4) is 17.2 Å².